The lowest BCUT2D eigenvalue weighted by Gasteiger charge is -2.32. The van der Waals surface area contributed by atoms with E-state index in [1.807, 2.05) is 6.92 Å². The number of benzene rings is 1. The molecule has 1 aromatic carbocycles. The van der Waals surface area contributed by atoms with Crippen molar-refractivity contribution in [3.8, 4) is 16.3 Å². The Balaban J connectivity index is 1.47. The van der Waals surface area contributed by atoms with Crippen LogP contribution in [0.5, 0.6) is 5.75 Å². The van der Waals surface area contributed by atoms with E-state index in [1.165, 1.54) is 17.4 Å². The van der Waals surface area contributed by atoms with Gasteiger partial charge in [0, 0.05) is 28.8 Å². The van der Waals surface area contributed by atoms with Crippen molar-refractivity contribution < 1.29 is 28.1 Å². The molecule has 0 radical (unpaired) electrons. The number of anilines is 1. The van der Waals surface area contributed by atoms with Gasteiger partial charge in [-0.05, 0) is 62.3 Å². The highest BCUT2D eigenvalue weighted by Gasteiger charge is 2.62. The quantitative estimate of drug-likeness (QED) is 0.365. The SMILES string of the molecule is C[C@H](Oc1c(-c2nccs2)ccc(C(O)(O)C(F)(F)F)c1N)C1CC12CC1CCC(C2)C1=N. The molecule has 178 valence electrons. The summed E-state index contributed by atoms with van der Waals surface area (Å²) in [6.45, 7) is 1.88. The fourth-order valence-corrected chi connectivity index (χ4v) is 6.68. The zero-order valence-electron chi connectivity index (χ0n) is 18.0. The van der Waals surface area contributed by atoms with Gasteiger partial charge in [0.25, 0.3) is 5.79 Å². The molecular formula is C23H26F3N3O3S. The molecule has 3 saturated carbocycles. The number of ether oxygens (including phenoxy) is 1. The van der Waals surface area contributed by atoms with Crippen molar-refractivity contribution >= 4 is 22.7 Å². The highest BCUT2D eigenvalue weighted by Crippen LogP contribution is 2.67. The maximum absolute atomic E-state index is 13.3. The second-order valence-corrected chi connectivity index (χ2v) is 10.6. The molecule has 4 atom stereocenters. The van der Waals surface area contributed by atoms with Gasteiger partial charge >= 0.3 is 6.18 Å². The summed E-state index contributed by atoms with van der Waals surface area (Å²) in [6, 6.07) is 2.30. The topological polar surface area (TPSA) is 112 Å². The number of alkyl halides is 3. The Hall–Kier alpha value is -2.17. The van der Waals surface area contributed by atoms with E-state index in [-0.39, 0.29) is 23.2 Å². The Morgan fingerprint density at radius 2 is 1.88 bits per heavy atom. The van der Waals surface area contributed by atoms with E-state index in [1.54, 1.807) is 11.6 Å². The van der Waals surface area contributed by atoms with Gasteiger partial charge in [-0.2, -0.15) is 13.2 Å². The van der Waals surface area contributed by atoms with E-state index in [0.29, 0.717) is 22.4 Å². The third-order valence-electron chi connectivity index (χ3n) is 7.80. The average molecular weight is 482 g/mol. The summed E-state index contributed by atoms with van der Waals surface area (Å²) in [7, 11) is 0. The van der Waals surface area contributed by atoms with Crippen LogP contribution in [0.4, 0.5) is 18.9 Å². The monoisotopic (exact) mass is 481 g/mol. The van der Waals surface area contributed by atoms with Crippen molar-refractivity contribution in [3.63, 3.8) is 0 Å². The predicted octanol–water partition coefficient (Wildman–Crippen LogP) is 4.71. The second-order valence-electron chi connectivity index (χ2n) is 9.74. The summed E-state index contributed by atoms with van der Waals surface area (Å²) >= 11 is 1.28. The molecule has 3 aliphatic rings. The number of aromatic nitrogens is 1. The van der Waals surface area contributed by atoms with Crippen LogP contribution in [0.15, 0.2) is 23.7 Å². The minimum absolute atomic E-state index is 0.0137. The number of hydrogen-bond donors (Lipinski definition) is 4. The first-order chi connectivity index (χ1) is 15.4. The smallest absolute Gasteiger partial charge is 0.447 e. The Kier molecular flexibility index (Phi) is 5.08. The van der Waals surface area contributed by atoms with Gasteiger partial charge in [-0.15, -0.1) is 11.3 Å². The van der Waals surface area contributed by atoms with Gasteiger partial charge in [0.05, 0.1) is 17.4 Å². The lowest BCUT2D eigenvalue weighted by Crippen LogP contribution is -2.42. The van der Waals surface area contributed by atoms with E-state index in [0.717, 1.165) is 43.9 Å². The maximum atomic E-state index is 13.3. The van der Waals surface area contributed by atoms with E-state index in [4.69, 9.17) is 15.9 Å². The minimum Gasteiger partial charge on any atom is -0.487 e. The Morgan fingerprint density at radius 3 is 2.45 bits per heavy atom. The molecule has 3 aliphatic carbocycles. The summed E-state index contributed by atoms with van der Waals surface area (Å²) in [6.07, 6.45) is 0.876. The first kappa shape index (κ1) is 22.6. The zero-order valence-corrected chi connectivity index (χ0v) is 18.8. The number of hydrogen-bond acceptors (Lipinski definition) is 7. The van der Waals surface area contributed by atoms with Crippen molar-refractivity contribution in [3.05, 3.63) is 29.3 Å². The third kappa shape index (κ3) is 3.54. The number of halogens is 3. The molecule has 5 rings (SSSR count). The molecule has 0 aliphatic heterocycles. The summed E-state index contributed by atoms with van der Waals surface area (Å²) in [4.78, 5) is 4.23. The second kappa shape index (κ2) is 7.41. The Bertz CT molecular complexity index is 1070. The Morgan fingerprint density at radius 1 is 1.21 bits per heavy atom. The fourth-order valence-electron chi connectivity index (χ4n) is 6.02. The lowest BCUT2D eigenvalue weighted by atomic mass is 9.75. The van der Waals surface area contributed by atoms with Gasteiger partial charge in [-0.3, -0.25) is 0 Å². The molecule has 3 fully saturated rings. The minimum atomic E-state index is -5.33. The summed E-state index contributed by atoms with van der Waals surface area (Å²) in [5.41, 5.74) is 6.15. The molecule has 1 spiro atoms. The molecule has 3 unspecified atom stereocenters. The van der Waals surface area contributed by atoms with Crippen LogP contribution < -0.4 is 10.5 Å². The molecular weight excluding hydrogens is 455 g/mol. The molecule has 2 aromatic rings. The van der Waals surface area contributed by atoms with Gasteiger partial charge in [0.2, 0.25) is 0 Å². The third-order valence-corrected chi connectivity index (χ3v) is 8.61. The predicted molar refractivity (Wildman–Crippen MR) is 118 cm³/mol. The van der Waals surface area contributed by atoms with Gasteiger partial charge in [-0.1, -0.05) is 6.07 Å². The summed E-state index contributed by atoms with van der Waals surface area (Å²) in [5, 5.41) is 30.2. The zero-order chi connectivity index (χ0) is 23.8. The van der Waals surface area contributed by atoms with Crippen molar-refractivity contribution in [2.24, 2.45) is 23.2 Å². The number of nitrogens with zero attached hydrogens (tertiary/aromatic N) is 1. The Labute approximate surface area is 193 Å². The molecule has 2 bridgehead atoms. The van der Waals surface area contributed by atoms with Crippen molar-refractivity contribution in [2.75, 3.05) is 5.73 Å². The first-order valence-electron chi connectivity index (χ1n) is 11.0. The van der Waals surface area contributed by atoms with Gasteiger partial charge in [0.1, 0.15) is 5.01 Å². The number of nitrogens with one attached hydrogen (secondary N) is 1. The van der Waals surface area contributed by atoms with E-state index < -0.39 is 23.2 Å². The first-order valence-corrected chi connectivity index (χ1v) is 11.9. The van der Waals surface area contributed by atoms with E-state index in [2.05, 4.69) is 4.98 Å². The molecule has 6 nitrogen and oxygen atoms in total. The molecule has 33 heavy (non-hydrogen) atoms. The summed E-state index contributed by atoms with van der Waals surface area (Å²) in [5.74, 6) is -3.26. The van der Waals surface area contributed by atoms with Crippen LogP contribution in [0.3, 0.4) is 0 Å². The number of rotatable bonds is 5. The van der Waals surface area contributed by atoms with Crippen molar-refractivity contribution in [1.29, 1.82) is 5.41 Å². The number of fused-ring (bicyclic) bond motifs is 2. The van der Waals surface area contributed by atoms with Crippen LogP contribution in [0.2, 0.25) is 0 Å². The van der Waals surface area contributed by atoms with Gasteiger partial charge in [0.15, 0.2) is 5.75 Å². The van der Waals surface area contributed by atoms with Crippen LogP contribution in [0.25, 0.3) is 10.6 Å². The van der Waals surface area contributed by atoms with Crippen LogP contribution in [-0.4, -0.2) is 33.2 Å². The molecule has 0 saturated heterocycles. The molecule has 0 amide bonds. The maximum Gasteiger partial charge on any atom is 0.447 e. The molecule has 10 heteroatoms. The number of nitrogen functional groups attached to an aromatic ring is 1. The highest BCUT2D eigenvalue weighted by molar-refractivity contribution is 7.13. The van der Waals surface area contributed by atoms with Gasteiger partial charge in [-0.25, -0.2) is 4.98 Å². The van der Waals surface area contributed by atoms with Crippen LogP contribution in [-0.2, 0) is 5.79 Å². The number of thiazole rings is 1. The van der Waals surface area contributed by atoms with Crippen molar-refractivity contribution in [2.45, 2.75) is 57.1 Å². The standard InChI is InChI=1S/C23H26F3N3O3S/c1-11(16-10-21(16)8-12-2-3-13(9-21)17(12)27)32-19-14(20-29-6-7-33-20)4-5-15(18(19)28)22(30,31)23(24,25)26/h4-7,11-13,16,27,30-31H,2-3,8-10,28H2,1H3/t11-,12?,13?,16?,21?/m0/s1. The van der Waals surface area contributed by atoms with Crippen LogP contribution in [0.1, 0.15) is 44.6 Å². The average Bonchev–Trinajstić information content (AvgIpc) is 3.04. The number of aliphatic hydroxyl groups is 2. The summed E-state index contributed by atoms with van der Waals surface area (Å²) < 4.78 is 46.2. The molecule has 1 aromatic heterocycles. The van der Waals surface area contributed by atoms with Crippen LogP contribution in [0, 0.1) is 28.6 Å². The van der Waals surface area contributed by atoms with Gasteiger partial charge < -0.3 is 26.1 Å². The van der Waals surface area contributed by atoms with E-state index in [9.17, 15) is 23.4 Å². The molecule has 5 N–H and O–H groups in total. The fraction of sp³-hybridized carbons (Fsp3) is 0.565. The lowest BCUT2D eigenvalue weighted by molar-refractivity contribution is -0.358. The van der Waals surface area contributed by atoms with Crippen LogP contribution >= 0.6 is 11.3 Å². The van der Waals surface area contributed by atoms with E-state index >= 15 is 0 Å². The molecule has 1 heterocycles. The highest BCUT2D eigenvalue weighted by atomic mass is 32.1. The van der Waals surface area contributed by atoms with Crippen molar-refractivity contribution in [1.82, 2.24) is 4.98 Å². The largest absolute Gasteiger partial charge is 0.487 e. The number of nitrogens with two attached hydrogens (primary N) is 1. The normalized spacial score (nSPS) is 30.0.